The van der Waals surface area contributed by atoms with Crippen molar-refractivity contribution in [3.63, 3.8) is 0 Å². The van der Waals surface area contributed by atoms with Crippen molar-refractivity contribution in [2.75, 3.05) is 5.75 Å². The highest BCUT2D eigenvalue weighted by molar-refractivity contribution is 7.99. The van der Waals surface area contributed by atoms with E-state index < -0.39 is 0 Å². The molecule has 0 aliphatic carbocycles. The highest BCUT2D eigenvalue weighted by Gasteiger charge is 1.87. The maximum Gasteiger partial charge on any atom is 0.239 e. The van der Waals surface area contributed by atoms with Crippen molar-refractivity contribution in [3.05, 3.63) is 54.8 Å². The van der Waals surface area contributed by atoms with E-state index in [1.165, 1.54) is 17.2 Å². The average Bonchev–Trinajstić information content (AvgIpc) is 2.29. The molecule has 0 atom stereocenters. The summed E-state index contributed by atoms with van der Waals surface area (Å²) in [5.41, 5.74) is 0. The molecule has 0 aliphatic rings. The molecule has 0 bridgehead atoms. The first-order chi connectivity index (χ1) is 7.43. The lowest BCUT2D eigenvalue weighted by molar-refractivity contribution is 0.565. The molecule has 0 saturated carbocycles. The monoisotopic (exact) mass is 217 g/mol. The number of allylic oxidation sites excluding steroid dienone is 2. The first-order valence-electron chi connectivity index (χ1n) is 4.50. The Labute approximate surface area is 93.4 Å². The minimum Gasteiger partial charge on any atom is -0.211 e. The highest BCUT2D eigenvalue weighted by atomic mass is 32.2. The van der Waals surface area contributed by atoms with Crippen molar-refractivity contribution in [1.82, 2.24) is 0 Å². The number of aliphatic imine (C=N–C) groups is 1. The molecule has 0 unspecified atom stereocenters. The Morgan fingerprint density at radius 1 is 1.27 bits per heavy atom. The minimum absolute atomic E-state index is 0.902. The second-order valence-electron chi connectivity index (χ2n) is 2.61. The Hall–Kier alpha value is -1.57. The quantitative estimate of drug-likeness (QED) is 0.328. The molecule has 15 heavy (non-hydrogen) atoms. The van der Waals surface area contributed by atoms with Crippen LogP contribution in [-0.4, -0.2) is 11.8 Å². The van der Waals surface area contributed by atoms with Crippen LogP contribution in [0.15, 0.2) is 64.6 Å². The first kappa shape index (κ1) is 11.5. The number of hydrogen-bond donors (Lipinski definition) is 0. The summed E-state index contributed by atoms with van der Waals surface area (Å²) in [6.07, 6.45) is 8.42. The second-order valence-corrected chi connectivity index (χ2v) is 3.71. The van der Waals surface area contributed by atoms with Gasteiger partial charge in [-0.3, -0.25) is 0 Å². The molecule has 0 saturated heterocycles. The van der Waals surface area contributed by atoms with Crippen LogP contribution < -0.4 is 0 Å². The number of benzene rings is 1. The summed E-state index contributed by atoms with van der Waals surface area (Å²) >= 11 is 1.76. The molecule has 1 aromatic rings. The van der Waals surface area contributed by atoms with E-state index in [0.29, 0.717) is 0 Å². The van der Waals surface area contributed by atoms with E-state index in [9.17, 15) is 4.79 Å². The number of carbonyl (C=O) groups excluding carboxylic acids is 1. The lowest BCUT2D eigenvalue weighted by Gasteiger charge is -1.95. The van der Waals surface area contributed by atoms with Crippen LogP contribution in [0.3, 0.4) is 0 Å². The molecule has 1 aromatic carbocycles. The van der Waals surface area contributed by atoms with Crippen LogP contribution in [0, 0.1) is 0 Å². The summed E-state index contributed by atoms with van der Waals surface area (Å²) < 4.78 is 0. The van der Waals surface area contributed by atoms with Crippen molar-refractivity contribution >= 4 is 17.8 Å². The van der Waals surface area contributed by atoms with E-state index in [1.54, 1.807) is 17.8 Å². The van der Waals surface area contributed by atoms with Gasteiger partial charge in [-0.2, -0.15) is 4.99 Å². The van der Waals surface area contributed by atoms with Crippen molar-refractivity contribution in [2.24, 2.45) is 4.99 Å². The number of isocyanates is 1. The molecular weight excluding hydrogens is 206 g/mol. The Morgan fingerprint density at radius 2 is 2.07 bits per heavy atom. The van der Waals surface area contributed by atoms with Crippen molar-refractivity contribution in [3.8, 4) is 0 Å². The molecule has 0 amide bonds. The molecular formula is C12H11NOS. The van der Waals surface area contributed by atoms with Gasteiger partial charge >= 0.3 is 0 Å². The summed E-state index contributed by atoms with van der Waals surface area (Å²) in [5, 5.41) is 0. The van der Waals surface area contributed by atoms with Gasteiger partial charge in [0.15, 0.2) is 0 Å². The predicted octanol–water partition coefficient (Wildman–Crippen LogP) is 3.18. The van der Waals surface area contributed by atoms with Gasteiger partial charge < -0.3 is 0 Å². The molecule has 0 aromatic heterocycles. The van der Waals surface area contributed by atoms with Gasteiger partial charge in [0.25, 0.3) is 0 Å². The highest BCUT2D eigenvalue weighted by Crippen LogP contribution is 2.16. The van der Waals surface area contributed by atoms with Crippen LogP contribution in [0.1, 0.15) is 0 Å². The summed E-state index contributed by atoms with van der Waals surface area (Å²) in [5.74, 6) is 0.902. The van der Waals surface area contributed by atoms with Gasteiger partial charge in [0.2, 0.25) is 6.08 Å². The fourth-order valence-electron chi connectivity index (χ4n) is 0.918. The summed E-state index contributed by atoms with van der Waals surface area (Å²) in [6, 6.07) is 10.2. The molecule has 0 radical (unpaired) electrons. The number of thioether (sulfide) groups is 1. The summed E-state index contributed by atoms with van der Waals surface area (Å²) in [7, 11) is 0. The molecule has 76 valence electrons. The van der Waals surface area contributed by atoms with E-state index >= 15 is 0 Å². The zero-order chi connectivity index (χ0) is 10.8. The first-order valence-corrected chi connectivity index (χ1v) is 5.48. The average molecular weight is 217 g/mol. The van der Waals surface area contributed by atoms with Crippen LogP contribution in [0.25, 0.3) is 0 Å². The molecule has 1 rings (SSSR count). The largest absolute Gasteiger partial charge is 0.239 e. The normalized spacial score (nSPS) is 10.7. The molecule has 3 heteroatoms. The molecule has 0 N–H and O–H groups in total. The Kier molecular flexibility index (Phi) is 5.98. The van der Waals surface area contributed by atoms with Gasteiger partial charge in [0, 0.05) is 16.8 Å². The van der Waals surface area contributed by atoms with E-state index in [2.05, 4.69) is 17.1 Å². The van der Waals surface area contributed by atoms with Crippen LogP contribution in [-0.2, 0) is 4.79 Å². The van der Waals surface area contributed by atoms with E-state index in [-0.39, 0.29) is 0 Å². The predicted molar refractivity (Wildman–Crippen MR) is 63.6 cm³/mol. The summed E-state index contributed by atoms with van der Waals surface area (Å²) in [6.45, 7) is 0. The van der Waals surface area contributed by atoms with Gasteiger partial charge in [-0.15, -0.1) is 11.8 Å². The third-order valence-corrected chi connectivity index (χ3v) is 2.51. The smallest absolute Gasteiger partial charge is 0.211 e. The van der Waals surface area contributed by atoms with Crippen LogP contribution >= 0.6 is 11.8 Å². The third kappa shape index (κ3) is 5.68. The SMILES string of the molecule is O=C=N/C=C/C=C/CSc1ccccc1. The molecule has 0 spiro atoms. The van der Waals surface area contributed by atoms with Crippen molar-refractivity contribution < 1.29 is 4.79 Å². The second kappa shape index (κ2) is 7.80. The standard InChI is InChI=1S/C12H11NOS/c14-11-13-9-5-2-6-10-15-12-7-3-1-4-8-12/h1-9H,10H2/b6-2+,9-5+. The number of hydrogen-bond acceptors (Lipinski definition) is 3. The van der Waals surface area contributed by atoms with Crippen LogP contribution in [0.4, 0.5) is 0 Å². The van der Waals surface area contributed by atoms with Crippen LogP contribution in [0.5, 0.6) is 0 Å². The summed E-state index contributed by atoms with van der Waals surface area (Å²) in [4.78, 5) is 14.2. The van der Waals surface area contributed by atoms with Gasteiger partial charge in [-0.05, 0) is 18.2 Å². The fraction of sp³-hybridized carbons (Fsp3) is 0.0833. The fourth-order valence-corrected chi connectivity index (χ4v) is 1.67. The Balaban J connectivity index is 2.25. The molecule has 0 aliphatic heterocycles. The topological polar surface area (TPSA) is 29.4 Å². The maximum absolute atomic E-state index is 9.71. The van der Waals surface area contributed by atoms with Crippen molar-refractivity contribution in [1.29, 1.82) is 0 Å². The molecule has 0 fully saturated rings. The lowest BCUT2D eigenvalue weighted by Crippen LogP contribution is -1.71. The third-order valence-electron chi connectivity index (χ3n) is 1.55. The Morgan fingerprint density at radius 3 is 2.80 bits per heavy atom. The Bertz CT molecular complexity index is 378. The zero-order valence-corrected chi connectivity index (χ0v) is 8.98. The molecule has 0 heterocycles. The van der Waals surface area contributed by atoms with E-state index in [4.69, 9.17) is 0 Å². The van der Waals surface area contributed by atoms with Gasteiger partial charge in [-0.1, -0.05) is 30.4 Å². The lowest BCUT2D eigenvalue weighted by atomic mass is 10.4. The van der Waals surface area contributed by atoms with E-state index in [0.717, 1.165) is 5.75 Å². The maximum atomic E-state index is 9.71. The minimum atomic E-state index is 0.902. The van der Waals surface area contributed by atoms with Gasteiger partial charge in [-0.25, -0.2) is 4.79 Å². The van der Waals surface area contributed by atoms with Gasteiger partial charge in [0.05, 0.1) is 0 Å². The van der Waals surface area contributed by atoms with Crippen molar-refractivity contribution in [2.45, 2.75) is 4.90 Å². The van der Waals surface area contributed by atoms with Gasteiger partial charge in [0.1, 0.15) is 0 Å². The molecule has 2 nitrogen and oxygen atoms in total. The number of nitrogens with zero attached hydrogens (tertiary/aromatic N) is 1. The van der Waals surface area contributed by atoms with Crippen LogP contribution in [0.2, 0.25) is 0 Å². The zero-order valence-electron chi connectivity index (χ0n) is 8.17. The number of rotatable bonds is 5. The van der Waals surface area contributed by atoms with E-state index in [1.807, 2.05) is 30.4 Å².